The Labute approximate surface area is 300 Å². The van der Waals surface area contributed by atoms with Crippen LogP contribution in [0.25, 0.3) is 21.8 Å². The summed E-state index contributed by atoms with van der Waals surface area (Å²) in [6.07, 6.45) is 1.77. The molecule has 266 valence electrons. The van der Waals surface area contributed by atoms with Crippen molar-refractivity contribution >= 4 is 33.6 Å². The first-order chi connectivity index (χ1) is 25.6. The van der Waals surface area contributed by atoms with Gasteiger partial charge in [-0.1, -0.05) is 48.5 Å². The summed E-state index contributed by atoms with van der Waals surface area (Å²) in [4.78, 5) is 59.3. The summed E-state index contributed by atoms with van der Waals surface area (Å²) in [6, 6.07) is 25.9. The van der Waals surface area contributed by atoms with E-state index in [1.807, 2.05) is 35.2 Å². The zero-order valence-electron chi connectivity index (χ0n) is 28.4. The molecule has 0 saturated carbocycles. The molecule has 8 nitrogen and oxygen atoms in total. The summed E-state index contributed by atoms with van der Waals surface area (Å²) < 4.78 is 41.0. The highest BCUT2D eigenvalue weighted by molar-refractivity contribution is 5.85. The number of pyridine rings is 2. The molecule has 10 rings (SSSR count). The van der Waals surface area contributed by atoms with Gasteiger partial charge in [-0.25, -0.2) is 13.2 Å². The Bertz CT molecular complexity index is 2620. The Balaban J connectivity index is 0.000000141. The van der Waals surface area contributed by atoms with E-state index in [1.165, 1.54) is 52.6 Å². The van der Waals surface area contributed by atoms with Gasteiger partial charge in [0.05, 0.1) is 30.4 Å². The summed E-state index contributed by atoms with van der Waals surface area (Å²) in [7, 11) is 0. The zero-order chi connectivity index (χ0) is 36.5. The number of benzene rings is 4. The SMILES string of the molecule is O=C(Cc1cc2c(F)c(F)ccc2[nH]c1=O)N1CC2CC1c1ccccc12.O=C(Cc1cc2cc(F)ccc2[nH]c1=O)N1CC2CC1c1ccccc12. The van der Waals surface area contributed by atoms with E-state index in [9.17, 15) is 32.3 Å². The fourth-order valence-electron chi connectivity index (χ4n) is 8.91. The maximum atomic E-state index is 14.0. The molecule has 4 bridgehead atoms. The smallest absolute Gasteiger partial charge is 0.252 e. The highest BCUT2D eigenvalue weighted by Gasteiger charge is 2.45. The van der Waals surface area contributed by atoms with Gasteiger partial charge in [-0.3, -0.25) is 19.2 Å². The van der Waals surface area contributed by atoms with Crippen molar-refractivity contribution in [3.8, 4) is 0 Å². The molecule has 4 aliphatic rings. The van der Waals surface area contributed by atoms with Crippen molar-refractivity contribution in [2.24, 2.45) is 0 Å². The van der Waals surface area contributed by atoms with Crippen molar-refractivity contribution < 1.29 is 22.8 Å². The van der Waals surface area contributed by atoms with Crippen LogP contribution in [0.15, 0.2) is 101 Å². The van der Waals surface area contributed by atoms with Crippen molar-refractivity contribution in [2.75, 3.05) is 13.1 Å². The third-order valence-corrected chi connectivity index (χ3v) is 11.4. The average Bonchev–Trinajstić information content (AvgIpc) is 3.96. The van der Waals surface area contributed by atoms with Crippen LogP contribution in [0, 0.1) is 17.5 Å². The van der Waals surface area contributed by atoms with Crippen molar-refractivity contribution in [3.05, 3.63) is 163 Å². The number of rotatable bonds is 4. The van der Waals surface area contributed by atoms with E-state index in [2.05, 4.69) is 28.2 Å². The van der Waals surface area contributed by atoms with E-state index in [4.69, 9.17) is 0 Å². The summed E-state index contributed by atoms with van der Waals surface area (Å²) in [5, 5.41) is 0.575. The van der Waals surface area contributed by atoms with E-state index in [-0.39, 0.29) is 64.6 Å². The quantitative estimate of drug-likeness (QED) is 0.212. The van der Waals surface area contributed by atoms with Gasteiger partial charge in [0.25, 0.3) is 11.1 Å². The van der Waals surface area contributed by atoms with Crippen LogP contribution in [-0.4, -0.2) is 44.7 Å². The molecule has 2 amide bonds. The monoisotopic (exact) mass is 714 g/mol. The van der Waals surface area contributed by atoms with Gasteiger partial charge in [0.2, 0.25) is 11.8 Å². The van der Waals surface area contributed by atoms with E-state index in [0.717, 1.165) is 18.9 Å². The number of nitrogens with zero attached hydrogens (tertiary/aromatic N) is 2. The van der Waals surface area contributed by atoms with Crippen LogP contribution in [0.4, 0.5) is 13.2 Å². The number of amides is 2. The Morgan fingerprint density at radius 1 is 0.623 bits per heavy atom. The molecule has 0 spiro atoms. The molecule has 6 aromatic rings. The van der Waals surface area contributed by atoms with Gasteiger partial charge >= 0.3 is 0 Å². The van der Waals surface area contributed by atoms with Crippen molar-refractivity contribution in [1.29, 1.82) is 0 Å². The van der Waals surface area contributed by atoms with Crippen LogP contribution in [0.5, 0.6) is 0 Å². The van der Waals surface area contributed by atoms with E-state index < -0.39 is 17.2 Å². The summed E-state index contributed by atoms with van der Waals surface area (Å²) in [5.74, 6) is -1.87. The van der Waals surface area contributed by atoms with E-state index >= 15 is 0 Å². The van der Waals surface area contributed by atoms with Gasteiger partial charge < -0.3 is 19.8 Å². The number of carbonyl (C=O) groups is 2. The van der Waals surface area contributed by atoms with Crippen LogP contribution in [0.1, 0.15) is 70.1 Å². The number of nitrogens with one attached hydrogen (secondary N) is 2. The number of halogens is 3. The number of fused-ring (bicyclic) bond motifs is 12. The average molecular weight is 715 g/mol. The number of aromatic amines is 2. The second kappa shape index (κ2) is 12.6. The predicted octanol–water partition coefficient (Wildman–Crippen LogP) is 6.70. The van der Waals surface area contributed by atoms with Crippen LogP contribution in [-0.2, 0) is 22.4 Å². The van der Waals surface area contributed by atoms with Crippen molar-refractivity contribution in [3.63, 3.8) is 0 Å². The molecule has 2 aliphatic carbocycles. The maximum Gasteiger partial charge on any atom is 0.252 e. The predicted molar refractivity (Wildman–Crippen MR) is 193 cm³/mol. The third kappa shape index (κ3) is 5.62. The lowest BCUT2D eigenvalue weighted by atomic mass is 9.99. The molecule has 2 aliphatic heterocycles. The standard InChI is InChI=1S/C21H16F2N2O2.C21H17FN2O2/c22-16-5-6-17-15(20(16)23)7-11(21(27)24-17)9-19(26)25-10-12-8-18(25)14-4-2-1-3-13(12)14;22-15-5-6-18-12(8-15)7-13(21(26)23-18)10-20(25)24-11-14-9-19(24)17-4-2-1-3-16(14)17/h1-7,12,18H,8-10H2,(H,24,27);1-8,14,19H,9-11H2,(H,23,26). The number of hydrogen-bond acceptors (Lipinski definition) is 4. The van der Waals surface area contributed by atoms with Crippen molar-refractivity contribution in [2.45, 2.75) is 49.6 Å². The van der Waals surface area contributed by atoms with Crippen LogP contribution < -0.4 is 11.1 Å². The molecule has 2 N–H and O–H groups in total. The molecule has 0 radical (unpaired) electrons. The van der Waals surface area contributed by atoms with Gasteiger partial charge in [-0.05, 0) is 77.6 Å². The first-order valence-corrected chi connectivity index (χ1v) is 17.7. The maximum absolute atomic E-state index is 14.0. The largest absolute Gasteiger partial charge is 0.335 e. The minimum Gasteiger partial charge on any atom is -0.335 e. The Hall–Kier alpha value is -5.97. The molecule has 2 aromatic heterocycles. The van der Waals surface area contributed by atoms with Crippen LogP contribution >= 0.6 is 0 Å². The molecule has 2 saturated heterocycles. The topological polar surface area (TPSA) is 106 Å². The Kier molecular flexibility index (Phi) is 7.83. The molecular formula is C42H33F3N4O4. The second-order valence-corrected chi connectivity index (χ2v) is 14.4. The fraction of sp³-hybridized carbons (Fsp3) is 0.238. The minimum atomic E-state index is -1.02. The van der Waals surface area contributed by atoms with Gasteiger partial charge in [0.15, 0.2) is 11.6 Å². The van der Waals surface area contributed by atoms with E-state index in [0.29, 0.717) is 41.4 Å². The number of likely N-dealkylation sites (tertiary alicyclic amines) is 2. The molecule has 4 atom stereocenters. The number of aromatic nitrogens is 2. The summed E-state index contributed by atoms with van der Waals surface area (Å²) in [6.45, 7) is 1.34. The minimum absolute atomic E-state index is 0.0225. The lowest BCUT2D eigenvalue weighted by molar-refractivity contribution is -0.132. The molecule has 4 heterocycles. The Morgan fingerprint density at radius 3 is 1.72 bits per heavy atom. The van der Waals surface area contributed by atoms with Crippen LogP contribution in [0.2, 0.25) is 0 Å². The van der Waals surface area contributed by atoms with Gasteiger partial charge in [0, 0.05) is 52.3 Å². The number of H-pyrrole nitrogens is 2. The second-order valence-electron chi connectivity index (χ2n) is 14.4. The summed E-state index contributed by atoms with van der Waals surface area (Å²) in [5.41, 5.74) is 5.61. The third-order valence-electron chi connectivity index (χ3n) is 11.4. The zero-order valence-corrected chi connectivity index (χ0v) is 28.4. The highest BCUT2D eigenvalue weighted by Crippen LogP contribution is 2.51. The first-order valence-electron chi connectivity index (χ1n) is 17.7. The first kappa shape index (κ1) is 32.9. The molecule has 4 unspecified atom stereocenters. The lowest BCUT2D eigenvalue weighted by Crippen LogP contribution is -2.35. The molecule has 53 heavy (non-hydrogen) atoms. The molecule has 11 heteroatoms. The molecular weight excluding hydrogens is 681 g/mol. The highest BCUT2D eigenvalue weighted by atomic mass is 19.2. The Morgan fingerprint density at radius 2 is 1.13 bits per heavy atom. The normalized spacial score (nSPS) is 20.4. The molecule has 2 fully saturated rings. The van der Waals surface area contributed by atoms with E-state index in [1.54, 1.807) is 11.0 Å². The van der Waals surface area contributed by atoms with Crippen molar-refractivity contribution in [1.82, 2.24) is 19.8 Å². The van der Waals surface area contributed by atoms with Crippen LogP contribution in [0.3, 0.4) is 0 Å². The fourth-order valence-corrected chi connectivity index (χ4v) is 8.91. The van der Waals surface area contributed by atoms with Gasteiger partial charge in [-0.15, -0.1) is 0 Å². The summed E-state index contributed by atoms with van der Waals surface area (Å²) >= 11 is 0. The number of hydrogen-bond donors (Lipinski definition) is 2. The van der Waals surface area contributed by atoms with Gasteiger partial charge in [-0.2, -0.15) is 0 Å². The van der Waals surface area contributed by atoms with Gasteiger partial charge in [0.1, 0.15) is 5.82 Å². The molecule has 4 aromatic carbocycles. The lowest BCUT2D eigenvalue weighted by Gasteiger charge is -2.29. The number of carbonyl (C=O) groups excluding carboxylic acids is 2.